The molecule has 0 unspecified atom stereocenters. The zero-order valence-electron chi connectivity index (χ0n) is 20.1. The van der Waals surface area contributed by atoms with Gasteiger partial charge in [0.1, 0.15) is 13.2 Å². The number of hydrogen-bond donors (Lipinski definition) is 0. The zero-order valence-corrected chi connectivity index (χ0v) is 20.9. The molecule has 7 nitrogen and oxygen atoms in total. The number of nitrogens with zero attached hydrogens (tertiary/aromatic N) is 3. The van der Waals surface area contributed by atoms with E-state index >= 15 is 0 Å². The van der Waals surface area contributed by atoms with Gasteiger partial charge in [-0.05, 0) is 80.9 Å². The molecule has 1 aromatic carbocycles. The predicted octanol–water partition coefficient (Wildman–Crippen LogP) is 3.47. The third-order valence-corrected chi connectivity index (χ3v) is 8.90. The number of carbonyl (C=O) groups is 3. The minimum atomic E-state index is -0.312. The lowest BCUT2D eigenvalue weighted by Crippen LogP contribution is -2.56. The minimum Gasteiger partial charge on any atom is -0.383 e. The number of anilines is 1. The maximum atomic E-state index is 13.9. The van der Waals surface area contributed by atoms with Gasteiger partial charge in [0.2, 0.25) is 17.7 Å². The quantitative estimate of drug-likeness (QED) is 0.590. The van der Waals surface area contributed by atoms with E-state index in [0.717, 1.165) is 24.8 Å². The Kier molecular flexibility index (Phi) is 6.36. The van der Waals surface area contributed by atoms with Gasteiger partial charge in [-0.15, -0.1) is 0 Å². The van der Waals surface area contributed by atoms with Crippen LogP contribution in [0.3, 0.4) is 0 Å². The van der Waals surface area contributed by atoms with Gasteiger partial charge in [-0.3, -0.25) is 19.3 Å². The third-order valence-electron chi connectivity index (χ3n) is 8.49. The van der Waals surface area contributed by atoms with Gasteiger partial charge < -0.3 is 14.5 Å². The molecule has 5 aliphatic rings. The summed E-state index contributed by atoms with van der Waals surface area (Å²) in [7, 11) is 1.61. The van der Waals surface area contributed by atoms with Gasteiger partial charge in [-0.1, -0.05) is 17.7 Å². The Hall–Kier alpha value is -2.12. The topological polar surface area (TPSA) is 70.2 Å². The lowest BCUT2D eigenvalue weighted by molar-refractivity contribution is -0.160. The highest BCUT2D eigenvalue weighted by Crippen LogP contribution is 2.60. The Balaban J connectivity index is 1.30. The van der Waals surface area contributed by atoms with Crippen LogP contribution in [0.4, 0.5) is 5.69 Å². The first-order chi connectivity index (χ1) is 16.3. The molecule has 3 amide bonds. The van der Waals surface area contributed by atoms with Gasteiger partial charge >= 0.3 is 0 Å². The molecule has 0 atom stereocenters. The summed E-state index contributed by atoms with van der Waals surface area (Å²) in [6.45, 7) is 2.81. The number of hydrogen-bond acceptors (Lipinski definition) is 4. The fourth-order valence-corrected chi connectivity index (χ4v) is 7.41. The zero-order chi connectivity index (χ0) is 24.0. The van der Waals surface area contributed by atoms with Crippen LogP contribution >= 0.6 is 11.6 Å². The molecule has 4 bridgehead atoms. The summed E-state index contributed by atoms with van der Waals surface area (Å²) < 4.78 is 5.27. The predicted molar refractivity (Wildman–Crippen MR) is 129 cm³/mol. The summed E-state index contributed by atoms with van der Waals surface area (Å²) in [4.78, 5) is 44.8. The van der Waals surface area contributed by atoms with Gasteiger partial charge in [-0.25, -0.2) is 0 Å². The Bertz CT molecular complexity index is 961. The lowest BCUT2D eigenvalue weighted by Gasteiger charge is -2.56. The molecule has 184 valence electrons. The molecular weight excluding hydrogens is 454 g/mol. The van der Waals surface area contributed by atoms with E-state index in [2.05, 4.69) is 0 Å². The van der Waals surface area contributed by atoms with Crippen LogP contribution in [0.25, 0.3) is 0 Å². The van der Waals surface area contributed by atoms with Crippen LogP contribution in [0.1, 0.15) is 44.1 Å². The summed E-state index contributed by atoms with van der Waals surface area (Å²) in [5, 5.41) is 0.585. The van der Waals surface area contributed by atoms with Crippen molar-refractivity contribution < 1.29 is 19.1 Å². The first-order valence-electron chi connectivity index (χ1n) is 12.4. The van der Waals surface area contributed by atoms with E-state index in [1.807, 2.05) is 13.0 Å². The fourth-order valence-electron chi connectivity index (χ4n) is 7.24. The minimum absolute atomic E-state index is 0.00839. The van der Waals surface area contributed by atoms with E-state index < -0.39 is 0 Å². The van der Waals surface area contributed by atoms with Crippen molar-refractivity contribution in [1.29, 1.82) is 0 Å². The molecule has 1 saturated heterocycles. The number of benzene rings is 1. The molecule has 4 saturated carbocycles. The van der Waals surface area contributed by atoms with Crippen LogP contribution < -0.4 is 4.90 Å². The maximum absolute atomic E-state index is 13.9. The molecular formula is C26H34ClN3O4. The number of rotatable bonds is 7. The Morgan fingerprint density at radius 1 is 1.15 bits per heavy atom. The molecule has 0 radical (unpaired) electrons. The van der Waals surface area contributed by atoms with E-state index in [0.29, 0.717) is 41.6 Å². The average Bonchev–Trinajstić information content (AvgIpc) is 3.18. The van der Waals surface area contributed by atoms with Crippen molar-refractivity contribution in [2.75, 3.05) is 44.9 Å². The molecule has 1 heterocycles. The van der Waals surface area contributed by atoms with Crippen LogP contribution in [0.15, 0.2) is 18.2 Å². The lowest BCUT2D eigenvalue weighted by atomic mass is 9.49. The molecule has 0 spiro atoms. The van der Waals surface area contributed by atoms with Gasteiger partial charge in [0.05, 0.1) is 18.6 Å². The van der Waals surface area contributed by atoms with E-state index in [1.165, 1.54) is 24.2 Å². The molecule has 34 heavy (non-hydrogen) atoms. The van der Waals surface area contributed by atoms with Crippen LogP contribution in [0.5, 0.6) is 0 Å². The number of methoxy groups -OCH3 is 1. The summed E-state index contributed by atoms with van der Waals surface area (Å²) in [5.41, 5.74) is 1.22. The van der Waals surface area contributed by atoms with Crippen molar-refractivity contribution >= 4 is 35.0 Å². The monoisotopic (exact) mass is 487 g/mol. The van der Waals surface area contributed by atoms with E-state index in [9.17, 15) is 14.4 Å². The Morgan fingerprint density at radius 3 is 2.41 bits per heavy atom. The molecule has 5 fully saturated rings. The van der Waals surface area contributed by atoms with Gasteiger partial charge in [0, 0.05) is 24.4 Å². The van der Waals surface area contributed by atoms with Crippen molar-refractivity contribution in [3.05, 3.63) is 28.8 Å². The molecule has 6 rings (SSSR count). The van der Waals surface area contributed by atoms with Gasteiger partial charge in [-0.2, -0.15) is 0 Å². The highest BCUT2D eigenvalue weighted by molar-refractivity contribution is 6.31. The smallest absolute Gasteiger partial charge is 0.248 e. The number of halogens is 1. The SMILES string of the molecule is COCCN(CC(=O)N1CC(=O)N(c2cccc(Cl)c2C)C1)C(=O)C12CC3CC(CC(C3)C1)C2. The standard InChI is InChI=1S/C26H34ClN3O4/c1-17-21(27)4-3-5-22(17)30-16-29(15-24(30)32)23(31)14-28(6-7-34-2)25(33)26-11-18-8-19(12-26)10-20(9-18)13-26/h3-5,18-20H,6-16H2,1-2H3. The first kappa shape index (κ1) is 23.6. The summed E-state index contributed by atoms with van der Waals surface area (Å²) in [5.74, 6) is 1.73. The van der Waals surface area contributed by atoms with Gasteiger partial charge in [0.25, 0.3) is 0 Å². The van der Waals surface area contributed by atoms with E-state index in [-0.39, 0.29) is 42.9 Å². The van der Waals surface area contributed by atoms with Crippen molar-refractivity contribution in [2.45, 2.75) is 45.4 Å². The second kappa shape index (κ2) is 9.15. The van der Waals surface area contributed by atoms with Crippen molar-refractivity contribution in [2.24, 2.45) is 23.2 Å². The van der Waals surface area contributed by atoms with Crippen LogP contribution in [-0.2, 0) is 19.1 Å². The summed E-state index contributed by atoms with van der Waals surface area (Å²) in [6, 6.07) is 5.43. The third kappa shape index (κ3) is 4.22. The Labute approximate surface area is 206 Å². The van der Waals surface area contributed by atoms with Crippen LogP contribution in [-0.4, -0.2) is 67.5 Å². The summed E-state index contributed by atoms with van der Waals surface area (Å²) >= 11 is 6.25. The highest BCUT2D eigenvalue weighted by Gasteiger charge is 2.55. The number of carbonyl (C=O) groups excluding carboxylic acids is 3. The fraction of sp³-hybridized carbons (Fsp3) is 0.654. The normalized spacial score (nSPS) is 29.7. The largest absolute Gasteiger partial charge is 0.383 e. The second-order valence-electron chi connectivity index (χ2n) is 10.9. The van der Waals surface area contributed by atoms with E-state index in [1.54, 1.807) is 29.0 Å². The first-order valence-corrected chi connectivity index (χ1v) is 12.8. The number of ether oxygens (including phenoxy) is 1. The summed E-state index contributed by atoms with van der Waals surface area (Å²) in [6.07, 6.45) is 6.66. The molecule has 1 aliphatic heterocycles. The van der Waals surface area contributed by atoms with Crippen molar-refractivity contribution in [3.63, 3.8) is 0 Å². The molecule has 0 aromatic heterocycles. The average molecular weight is 488 g/mol. The van der Waals surface area contributed by atoms with E-state index in [4.69, 9.17) is 16.3 Å². The molecule has 1 aromatic rings. The van der Waals surface area contributed by atoms with Crippen molar-refractivity contribution in [3.8, 4) is 0 Å². The van der Waals surface area contributed by atoms with Crippen LogP contribution in [0, 0.1) is 30.1 Å². The van der Waals surface area contributed by atoms with Crippen molar-refractivity contribution in [1.82, 2.24) is 9.80 Å². The highest BCUT2D eigenvalue weighted by atomic mass is 35.5. The second-order valence-corrected chi connectivity index (χ2v) is 11.3. The Morgan fingerprint density at radius 2 is 1.79 bits per heavy atom. The molecule has 0 N–H and O–H groups in total. The number of amides is 3. The van der Waals surface area contributed by atoms with Crippen LogP contribution in [0.2, 0.25) is 5.02 Å². The molecule has 4 aliphatic carbocycles. The maximum Gasteiger partial charge on any atom is 0.248 e. The molecule has 8 heteroatoms. The van der Waals surface area contributed by atoms with Gasteiger partial charge in [0.15, 0.2) is 0 Å².